The van der Waals surface area contributed by atoms with Gasteiger partial charge in [0.2, 0.25) is 11.8 Å². The van der Waals surface area contributed by atoms with Crippen LogP contribution < -0.4 is 5.32 Å². The highest BCUT2D eigenvalue weighted by atomic mass is 19.3. The number of likely N-dealkylation sites (N-methyl/N-ethyl adjacent to an activating group) is 1. The van der Waals surface area contributed by atoms with Crippen LogP contribution in [0.4, 0.5) is 8.78 Å². The third-order valence-corrected chi connectivity index (χ3v) is 3.35. The van der Waals surface area contributed by atoms with Crippen LogP contribution in [-0.2, 0) is 4.79 Å². The van der Waals surface area contributed by atoms with Crippen molar-refractivity contribution in [2.45, 2.75) is 31.2 Å². The zero-order valence-electron chi connectivity index (χ0n) is 8.80. The highest BCUT2D eigenvalue weighted by Crippen LogP contribution is 2.43. The fourth-order valence-electron chi connectivity index (χ4n) is 2.29. The number of hydrogen-bond acceptors (Lipinski definition) is 2. The quantitative estimate of drug-likeness (QED) is 0.745. The predicted octanol–water partition coefficient (Wildman–Crippen LogP) is 0.852. The second-order valence-corrected chi connectivity index (χ2v) is 4.52. The molecule has 86 valence electrons. The second-order valence-electron chi connectivity index (χ2n) is 4.52. The number of alkyl halides is 2. The molecule has 3 nitrogen and oxygen atoms in total. The van der Waals surface area contributed by atoms with Gasteiger partial charge in [-0.25, -0.2) is 8.78 Å². The third kappa shape index (κ3) is 2.12. The summed E-state index contributed by atoms with van der Waals surface area (Å²) in [5.74, 6) is -3.11. The van der Waals surface area contributed by atoms with Crippen molar-refractivity contribution < 1.29 is 13.6 Å². The SMILES string of the molecule is CN[C@H]1CCN(C(=O)C2CC(F)(F)C2)C1. The Labute approximate surface area is 87.8 Å². The molecule has 0 bridgehead atoms. The zero-order chi connectivity index (χ0) is 11.1. The Kier molecular flexibility index (Phi) is 2.66. The van der Waals surface area contributed by atoms with Gasteiger partial charge in [0.05, 0.1) is 0 Å². The van der Waals surface area contributed by atoms with Crippen LogP contribution in [0.5, 0.6) is 0 Å². The van der Waals surface area contributed by atoms with Crippen molar-refractivity contribution in [2.75, 3.05) is 20.1 Å². The van der Waals surface area contributed by atoms with Crippen molar-refractivity contribution in [3.8, 4) is 0 Å². The van der Waals surface area contributed by atoms with Crippen molar-refractivity contribution >= 4 is 5.91 Å². The van der Waals surface area contributed by atoms with Crippen LogP contribution in [0.25, 0.3) is 0 Å². The van der Waals surface area contributed by atoms with Gasteiger partial charge < -0.3 is 10.2 Å². The highest BCUT2D eigenvalue weighted by molar-refractivity contribution is 5.80. The number of hydrogen-bond donors (Lipinski definition) is 1. The summed E-state index contributed by atoms with van der Waals surface area (Å²) >= 11 is 0. The molecule has 15 heavy (non-hydrogen) atoms. The van der Waals surface area contributed by atoms with Gasteiger partial charge in [0.1, 0.15) is 0 Å². The van der Waals surface area contributed by atoms with Crippen molar-refractivity contribution in [3.63, 3.8) is 0 Å². The number of nitrogens with zero attached hydrogens (tertiary/aromatic N) is 1. The van der Waals surface area contributed by atoms with E-state index in [9.17, 15) is 13.6 Å². The standard InChI is InChI=1S/C10H16F2N2O/c1-13-8-2-3-14(6-8)9(15)7-4-10(11,12)5-7/h7-8,13H,2-6H2,1H3/t8-/m0/s1. The Morgan fingerprint density at radius 3 is 2.60 bits per heavy atom. The molecular formula is C10H16F2N2O. The molecule has 1 saturated heterocycles. The summed E-state index contributed by atoms with van der Waals surface area (Å²) in [6, 6.07) is 0.328. The van der Waals surface area contributed by atoms with Crippen molar-refractivity contribution in [3.05, 3.63) is 0 Å². The number of rotatable bonds is 2. The summed E-state index contributed by atoms with van der Waals surface area (Å²) in [5.41, 5.74) is 0. The molecule has 2 aliphatic rings. The first-order valence-corrected chi connectivity index (χ1v) is 5.36. The van der Waals surface area contributed by atoms with Crippen LogP contribution in [0.15, 0.2) is 0 Å². The summed E-state index contributed by atoms with van der Waals surface area (Å²) in [4.78, 5) is 13.5. The van der Waals surface area contributed by atoms with Gasteiger partial charge in [-0.2, -0.15) is 0 Å². The molecule has 1 N–H and O–H groups in total. The van der Waals surface area contributed by atoms with E-state index in [0.29, 0.717) is 19.1 Å². The Hall–Kier alpha value is -0.710. The van der Waals surface area contributed by atoms with E-state index in [1.54, 1.807) is 4.90 Å². The topological polar surface area (TPSA) is 32.3 Å². The maximum atomic E-state index is 12.6. The molecule has 0 radical (unpaired) electrons. The molecule has 0 spiro atoms. The van der Waals surface area contributed by atoms with Crippen LogP contribution >= 0.6 is 0 Å². The summed E-state index contributed by atoms with van der Waals surface area (Å²) in [5, 5.41) is 3.10. The van der Waals surface area contributed by atoms with E-state index in [-0.39, 0.29) is 18.7 Å². The van der Waals surface area contributed by atoms with Gasteiger partial charge in [-0.1, -0.05) is 0 Å². The van der Waals surface area contributed by atoms with Crippen molar-refractivity contribution in [1.82, 2.24) is 10.2 Å². The molecule has 1 atom stereocenters. The number of halogens is 2. The molecule has 1 aliphatic carbocycles. The largest absolute Gasteiger partial charge is 0.341 e. The van der Waals surface area contributed by atoms with E-state index in [4.69, 9.17) is 0 Å². The predicted molar refractivity (Wildman–Crippen MR) is 51.7 cm³/mol. The van der Waals surface area contributed by atoms with Crippen LogP contribution in [0.3, 0.4) is 0 Å². The van der Waals surface area contributed by atoms with Gasteiger partial charge in [0.15, 0.2) is 0 Å². The summed E-state index contributed by atoms with van der Waals surface area (Å²) < 4.78 is 25.2. The Morgan fingerprint density at radius 2 is 2.13 bits per heavy atom. The molecule has 0 unspecified atom stereocenters. The molecule has 1 aliphatic heterocycles. The lowest BCUT2D eigenvalue weighted by atomic mass is 9.80. The molecule has 5 heteroatoms. The number of amides is 1. The zero-order valence-corrected chi connectivity index (χ0v) is 8.80. The van der Waals surface area contributed by atoms with Crippen LogP contribution in [0.2, 0.25) is 0 Å². The molecule has 0 aromatic heterocycles. The van der Waals surface area contributed by atoms with E-state index in [0.717, 1.165) is 6.42 Å². The molecule has 1 saturated carbocycles. The monoisotopic (exact) mass is 218 g/mol. The number of carbonyl (C=O) groups excluding carboxylic acids is 1. The van der Waals surface area contributed by atoms with Crippen molar-refractivity contribution in [1.29, 1.82) is 0 Å². The van der Waals surface area contributed by atoms with Gasteiger partial charge >= 0.3 is 0 Å². The average molecular weight is 218 g/mol. The third-order valence-electron chi connectivity index (χ3n) is 3.35. The lowest BCUT2D eigenvalue weighted by Crippen LogP contribution is -2.46. The minimum atomic E-state index is -2.59. The van der Waals surface area contributed by atoms with Gasteiger partial charge in [-0.3, -0.25) is 4.79 Å². The molecule has 1 amide bonds. The smallest absolute Gasteiger partial charge is 0.249 e. The summed E-state index contributed by atoms with van der Waals surface area (Å²) in [7, 11) is 1.86. The first kappa shape index (κ1) is 10.8. The minimum absolute atomic E-state index is 0.0846. The molecule has 2 fully saturated rings. The van der Waals surface area contributed by atoms with E-state index >= 15 is 0 Å². The number of nitrogens with one attached hydrogen (secondary N) is 1. The van der Waals surface area contributed by atoms with E-state index < -0.39 is 11.8 Å². The van der Waals surface area contributed by atoms with E-state index in [2.05, 4.69) is 5.32 Å². The number of carbonyl (C=O) groups is 1. The number of likely N-dealkylation sites (tertiary alicyclic amines) is 1. The van der Waals surface area contributed by atoms with Gasteiger partial charge in [0, 0.05) is 37.9 Å². The average Bonchev–Trinajstić information content (AvgIpc) is 2.61. The fourth-order valence-corrected chi connectivity index (χ4v) is 2.29. The highest BCUT2D eigenvalue weighted by Gasteiger charge is 2.50. The molecule has 2 rings (SSSR count). The van der Waals surface area contributed by atoms with Gasteiger partial charge in [-0.15, -0.1) is 0 Å². The fraction of sp³-hybridized carbons (Fsp3) is 0.900. The molecule has 1 heterocycles. The lowest BCUT2D eigenvalue weighted by molar-refractivity contribution is -0.158. The molecule has 0 aromatic carbocycles. The van der Waals surface area contributed by atoms with E-state index in [1.807, 2.05) is 7.05 Å². The maximum absolute atomic E-state index is 12.6. The van der Waals surface area contributed by atoms with Gasteiger partial charge in [0.25, 0.3) is 0 Å². The normalized spacial score (nSPS) is 30.3. The summed E-state index contributed by atoms with van der Waals surface area (Å²) in [6.45, 7) is 1.36. The lowest BCUT2D eigenvalue weighted by Gasteiger charge is -2.36. The van der Waals surface area contributed by atoms with Gasteiger partial charge in [-0.05, 0) is 13.5 Å². The van der Waals surface area contributed by atoms with Crippen LogP contribution in [0.1, 0.15) is 19.3 Å². The van der Waals surface area contributed by atoms with Crippen LogP contribution in [-0.4, -0.2) is 42.9 Å². The first-order chi connectivity index (χ1) is 7.02. The Morgan fingerprint density at radius 1 is 1.47 bits per heavy atom. The minimum Gasteiger partial charge on any atom is -0.341 e. The second kappa shape index (κ2) is 3.70. The Balaban J connectivity index is 1.83. The maximum Gasteiger partial charge on any atom is 0.249 e. The van der Waals surface area contributed by atoms with Crippen molar-refractivity contribution in [2.24, 2.45) is 5.92 Å². The Bertz CT molecular complexity index is 262. The summed E-state index contributed by atoms with van der Waals surface area (Å²) in [6.07, 6.45) is 0.407. The van der Waals surface area contributed by atoms with Crippen LogP contribution in [0, 0.1) is 5.92 Å². The molecule has 0 aromatic rings. The first-order valence-electron chi connectivity index (χ1n) is 5.36. The van der Waals surface area contributed by atoms with E-state index in [1.165, 1.54) is 0 Å². The molecular weight excluding hydrogens is 202 g/mol.